The highest BCUT2D eigenvalue weighted by Gasteiger charge is 2.17. The Balaban J connectivity index is 1.88. The first-order valence-electron chi connectivity index (χ1n) is 6.98. The van der Waals surface area contributed by atoms with E-state index >= 15 is 0 Å². The second kappa shape index (κ2) is 6.57. The third-order valence-corrected chi connectivity index (χ3v) is 3.69. The van der Waals surface area contributed by atoms with E-state index in [0.717, 1.165) is 24.1 Å². The molecule has 0 spiro atoms. The number of nitrogens with one attached hydrogen (secondary N) is 1. The fourth-order valence-corrected chi connectivity index (χ4v) is 2.57. The molecule has 0 bridgehead atoms. The van der Waals surface area contributed by atoms with Gasteiger partial charge in [0.05, 0.1) is 6.54 Å². The summed E-state index contributed by atoms with van der Waals surface area (Å²) in [5, 5.41) is 3.10. The molecule has 1 aliphatic rings. The summed E-state index contributed by atoms with van der Waals surface area (Å²) in [4.78, 5) is 13.9. The lowest BCUT2D eigenvalue weighted by Gasteiger charge is -2.21. The molecule has 104 valence electrons. The Hall–Kier alpha value is -1.55. The summed E-state index contributed by atoms with van der Waals surface area (Å²) in [6, 6.07) is 8.39. The van der Waals surface area contributed by atoms with Crippen molar-refractivity contribution in [2.24, 2.45) is 5.73 Å². The van der Waals surface area contributed by atoms with Gasteiger partial charge in [-0.15, -0.1) is 0 Å². The zero-order valence-electron chi connectivity index (χ0n) is 11.6. The van der Waals surface area contributed by atoms with E-state index in [1.54, 1.807) is 0 Å². The highest BCUT2D eigenvalue weighted by molar-refractivity contribution is 5.81. The fraction of sp³-hybridized carbons (Fsp3) is 0.533. The number of carbonyl (C=O) groups excluding carboxylic acids is 1. The Morgan fingerprint density at radius 3 is 2.84 bits per heavy atom. The first kappa shape index (κ1) is 13.9. The van der Waals surface area contributed by atoms with Gasteiger partial charge in [-0.3, -0.25) is 4.79 Å². The molecule has 0 unspecified atom stereocenters. The minimum Gasteiger partial charge on any atom is -0.365 e. The van der Waals surface area contributed by atoms with Crippen molar-refractivity contribution in [2.75, 3.05) is 18.5 Å². The van der Waals surface area contributed by atoms with Gasteiger partial charge >= 0.3 is 0 Å². The number of benzene rings is 1. The van der Waals surface area contributed by atoms with Crippen LogP contribution >= 0.6 is 0 Å². The summed E-state index contributed by atoms with van der Waals surface area (Å²) in [6.07, 6.45) is 4.72. The van der Waals surface area contributed by atoms with E-state index in [0.29, 0.717) is 19.1 Å². The van der Waals surface area contributed by atoms with Crippen LogP contribution in [0.4, 0.5) is 5.69 Å². The van der Waals surface area contributed by atoms with Crippen molar-refractivity contribution in [1.82, 2.24) is 5.32 Å². The van der Waals surface area contributed by atoms with Crippen molar-refractivity contribution < 1.29 is 4.79 Å². The summed E-state index contributed by atoms with van der Waals surface area (Å²) in [5.41, 5.74) is 7.75. The highest BCUT2D eigenvalue weighted by atomic mass is 16.2. The Kier molecular flexibility index (Phi) is 4.80. The zero-order chi connectivity index (χ0) is 13.7. The van der Waals surface area contributed by atoms with E-state index in [4.69, 9.17) is 5.73 Å². The van der Waals surface area contributed by atoms with E-state index in [1.165, 1.54) is 12.8 Å². The molecule has 1 aliphatic carbocycles. The van der Waals surface area contributed by atoms with Crippen LogP contribution in [-0.4, -0.2) is 25.5 Å². The zero-order valence-corrected chi connectivity index (χ0v) is 11.6. The molecule has 19 heavy (non-hydrogen) atoms. The highest BCUT2D eigenvalue weighted by Crippen LogP contribution is 2.18. The number of rotatable bonds is 5. The van der Waals surface area contributed by atoms with Crippen LogP contribution in [0.3, 0.4) is 0 Å². The standard InChI is InChI=1S/C15H23N3O/c1-18(14-8-4-5-12(9-14)10-16)11-15(19)17-13-6-2-3-7-13/h4-5,8-9,13H,2-3,6-7,10-11,16H2,1H3,(H,17,19). The van der Waals surface area contributed by atoms with Crippen molar-refractivity contribution in [1.29, 1.82) is 0 Å². The van der Waals surface area contributed by atoms with Crippen molar-refractivity contribution in [2.45, 2.75) is 38.3 Å². The smallest absolute Gasteiger partial charge is 0.239 e. The topological polar surface area (TPSA) is 58.4 Å². The van der Waals surface area contributed by atoms with E-state index in [9.17, 15) is 4.79 Å². The second-order valence-electron chi connectivity index (χ2n) is 5.28. The molecular weight excluding hydrogens is 238 g/mol. The van der Waals surface area contributed by atoms with Gasteiger partial charge in [-0.2, -0.15) is 0 Å². The molecular formula is C15H23N3O. The van der Waals surface area contributed by atoms with Gasteiger partial charge in [-0.1, -0.05) is 25.0 Å². The Morgan fingerprint density at radius 1 is 1.42 bits per heavy atom. The maximum absolute atomic E-state index is 12.0. The Bertz CT molecular complexity index is 427. The van der Waals surface area contributed by atoms with Crippen LogP contribution in [0.2, 0.25) is 0 Å². The van der Waals surface area contributed by atoms with Crippen molar-refractivity contribution in [3.8, 4) is 0 Å². The SMILES string of the molecule is CN(CC(=O)NC1CCCC1)c1cccc(CN)c1. The largest absolute Gasteiger partial charge is 0.365 e. The van der Waals surface area contributed by atoms with E-state index in [2.05, 4.69) is 5.32 Å². The van der Waals surface area contributed by atoms with Crippen molar-refractivity contribution in [3.63, 3.8) is 0 Å². The molecule has 0 aliphatic heterocycles. The summed E-state index contributed by atoms with van der Waals surface area (Å²) >= 11 is 0. The number of hydrogen-bond donors (Lipinski definition) is 2. The van der Waals surface area contributed by atoms with Crippen LogP contribution in [0.15, 0.2) is 24.3 Å². The molecule has 0 aromatic heterocycles. The number of anilines is 1. The van der Waals surface area contributed by atoms with Gasteiger partial charge in [0.15, 0.2) is 0 Å². The van der Waals surface area contributed by atoms with Gasteiger partial charge in [0.1, 0.15) is 0 Å². The van der Waals surface area contributed by atoms with Gasteiger partial charge < -0.3 is 16.0 Å². The number of hydrogen-bond acceptors (Lipinski definition) is 3. The molecule has 1 saturated carbocycles. The molecule has 0 atom stereocenters. The number of amides is 1. The first-order chi connectivity index (χ1) is 9.19. The second-order valence-corrected chi connectivity index (χ2v) is 5.28. The molecule has 3 N–H and O–H groups in total. The van der Waals surface area contributed by atoms with Crippen LogP contribution in [0.25, 0.3) is 0 Å². The van der Waals surface area contributed by atoms with E-state index in [1.807, 2.05) is 36.2 Å². The van der Waals surface area contributed by atoms with Crippen LogP contribution < -0.4 is 16.0 Å². The lowest BCUT2D eigenvalue weighted by molar-refractivity contribution is -0.120. The van der Waals surface area contributed by atoms with Crippen LogP contribution in [0.1, 0.15) is 31.2 Å². The summed E-state index contributed by atoms with van der Waals surface area (Å²) in [5.74, 6) is 0.104. The molecule has 1 amide bonds. The first-order valence-corrected chi connectivity index (χ1v) is 6.98. The summed E-state index contributed by atoms with van der Waals surface area (Å²) in [7, 11) is 1.93. The Labute approximate surface area is 115 Å². The average molecular weight is 261 g/mol. The maximum atomic E-state index is 12.0. The molecule has 0 radical (unpaired) electrons. The molecule has 0 heterocycles. The lowest BCUT2D eigenvalue weighted by Crippen LogP contribution is -2.39. The van der Waals surface area contributed by atoms with Gasteiger partial charge in [0, 0.05) is 25.3 Å². The number of nitrogens with zero attached hydrogens (tertiary/aromatic N) is 1. The van der Waals surface area contributed by atoms with Crippen LogP contribution in [0.5, 0.6) is 0 Å². The molecule has 1 aromatic carbocycles. The maximum Gasteiger partial charge on any atom is 0.239 e. The van der Waals surface area contributed by atoms with Gasteiger partial charge in [-0.05, 0) is 30.5 Å². The number of likely N-dealkylation sites (N-methyl/N-ethyl adjacent to an activating group) is 1. The van der Waals surface area contributed by atoms with Gasteiger partial charge in [-0.25, -0.2) is 0 Å². The third-order valence-electron chi connectivity index (χ3n) is 3.69. The van der Waals surface area contributed by atoms with Crippen LogP contribution in [-0.2, 0) is 11.3 Å². The van der Waals surface area contributed by atoms with E-state index in [-0.39, 0.29) is 5.91 Å². The monoisotopic (exact) mass is 261 g/mol. The normalized spacial score (nSPS) is 15.5. The molecule has 4 nitrogen and oxygen atoms in total. The minimum absolute atomic E-state index is 0.104. The van der Waals surface area contributed by atoms with Crippen LogP contribution in [0, 0.1) is 0 Å². The lowest BCUT2D eigenvalue weighted by atomic mass is 10.2. The van der Waals surface area contributed by atoms with Gasteiger partial charge in [0.2, 0.25) is 5.91 Å². The van der Waals surface area contributed by atoms with E-state index < -0.39 is 0 Å². The minimum atomic E-state index is 0.104. The molecule has 1 aromatic rings. The molecule has 0 saturated heterocycles. The quantitative estimate of drug-likeness (QED) is 0.847. The third kappa shape index (κ3) is 3.96. The van der Waals surface area contributed by atoms with Crippen molar-refractivity contribution >= 4 is 11.6 Å². The predicted octanol–water partition coefficient (Wildman–Crippen LogP) is 1.64. The predicted molar refractivity (Wildman–Crippen MR) is 78.0 cm³/mol. The summed E-state index contributed by atoms with van der Waals surface area (Å²) < 4.78 is 0. The summed E-state index contributed by atoms with van der Waals surface area (Å²) in [6.45, 7) is 0.917. The average Bonchev–Trinajstić information content (AvgIpc) is 2.91. The molecule has 1 fully saturated rings. The van der Waals surface area contributed by atoms with Crippen molar-refractivity contribution in [3.05, 3.63) is 29.8 Å². The number of nitrogens with two attached hydrogens (primary N) is 1. The fourth-order valence-electron chi connectivity index (χ4n) is 2.57. The van der Waals surface area contributed by atoms with Gasteiger partial charge in [0.25, 0.3) is 0 Å². The molecule has 4 heteroatoms. The number of carbonyl (C=O) groups is 1. The Morgan fingerprint density at radius 2 is 2.16 bits per heavy atom. The molecule has 2 rings (SSSR count).